The van der Waals surface area contributed by atoms with E-state index in [1.54, 1.807) is 0 Å². The SMILES string of the molecule is CCCCCCCCCCCCCCCCCC(=O)OC[C@H](COC(=O)CCCCCCCCCCCCCCCCCCCCC(C)C)OC(=O)CCCCCCCCCCC. The van der Waals surface area contributed by atoms with E-state index in [-0.39, 0.29) is 31.1 Å². The summed E-state index contributed by atoms with van der Waals surface area (Å²) in [6.07, 6.45) is 55.3. The lowest BCUT2D eigenvalue weighted by atomic mass is 10.0. The van der Waals surface area contributed by atoms with Gasteiger partial charge >= 0.3 is 17.9 Å². The molecule has 0 radical (unpaired) electrons. The minimum absolute atomic E-state index is 0.0623. The lowest BCUT2D eigenvalue weighted by molar-refractivity contribution is -0.167. The summed E-state index contributed by atoms with van der Waals surface area (Å²) >= 11 is 0. The summed E-state index contributed by atoms with van der Waals surface area (Å²) < 4.78 is 16.8. The predicted octanol–water partition coefficient (Wildman–Crippen LogP) is 18.6. The molecule has 374 valence electrons. The van der Waals surface area contributed by atoms with E-state index >= 15 is 0 Å². The van der Waals surface area contributed by atoms with Crippen molar-refractivity contribution in [1.29, 1.82) is 0 Å². The Hall–Kier alpha value is -1.59. The van der Waals surface area contributed by atoms with Gasteiger partial charge in [-0.05, 0) is 25.2 Å². The number of ether oxygens (including phenoxy) is 3. The van der Waals surface area contributed by atoms with Crippen molar-refractivity contribution in [3.05, 3.63) is 0 Å². The minimum Gasteiger partial charge on any atom is -0.462 e. The predicted molar refractivity (Wildman–Crippen MR) is 270 cm³/mol. The van der Waals surface area contributed by atoms with Gasteiger partial charge in [-0.3, -0.25) is 14.4 Å². The summed E-state index contributed by atoms with van der Waals surface area (Å²) in [4.78, 5) is 38.0. The van der Waals surface area contributed by atoms with Crippen LogP contribution in [0, 0.1) is 5.92 Å². The number of hydrogen-bond donors (Lipinski definition) is 0. The Morgan fingerprint density at radius 2 is 0.524 bits per heavy atom. The first-order valence-electron chi connectivity index (χ1n) is 28.4. The summed E-state index contributed by atoms with van der Waals surface area (Å²) in [7, 11) is 0. The fraction of sp³-hybridized carbons (Fsp3) is 0.947. The maximum Gasteiger partial charge on any atom is 0.306 e. The van der Waals surface area contributed by atoms with Crippen molar-refractivity contribution in [3.8, 4) is 0 Å². The molecular weight excluding hydrogens is 781 g/mol. The Balaban J connectivity index is 4.16. The Kier molecular flexibility index (Phi) is 50.1. The maximum absolute atomic E-state index is 12.7. The average Bonchev–Trinajstić information content (AvgIpc) is 3.27. The van der Waals surface area contributed by atoms with Crippen LogP contribution in [0.4, 0.5) is 0 Å². The van der Waals surface area contributed by atoms with Gasteiger partial charge in [0.2, 0.25) is 0 Å². The zero-order chi connectivity index (χ0) is 45.9. The molecule has 0 aliphatic heterocycles. The van der Waals surface area contributed by atoms with Crippen LogP contribution in [0.1, 0.15) is 323 Å². The van der Waals surface area contributed by atoms with Gasteiger partial charge in [-0.15, -0.1) is 0 Å². The van der Waals surface area contributed by atoms with E-state index in [0.717, 1.165) is 63.7 Å². The van der Waals surface area contributed by atoms with Crippen molar-refractivity contribution in [1.82, 2.24) is 0 Å². The van der Waals surface area contributed by atoms with E-state index in [9.17, 15) is 14.4 Å². The van der Waals surface area contributed by atoms with E-state index in [2.05, 4.69) is 27.7 Å². The van der Waals surface area contributed by atoms with E-state index in [1.165, 1.54) is 218 Å². The van der Waals surface area contributed by atoms with Crippen LogP contribution in [0.15, 0.2) is 0 Å². The Morgan fingerprint density at radius 3 is 0.778 bits per heavy atom. The molecule has 0 heterocycles. The third kappa shape index (κ3) is 51.3. The largest absolute Gasteiger partial charge is 0.462 e. The van der Waals surface area contributed by atoms with E-state index in [0.29, 0.717) is 19.3 Å². The molecule has 0 aromatic heterocycles. The molecule has 6 nitrogen and oxygen atoms in total. The molecule has 0 rings (SSSR count). The topological polar surface area (TPSA) is 78.9 Å². The molecule has 0 spiro atoms. The molecule has 0 N–H and O–H groups in total. The van der Waals surface area contributed by atoms with Crippen molar-refractivity contribution in [3.63, 3.8) is 0 Å². The summed E-state index contributed by atoms with van der Waals surface area (Å²) in [6, 6.07) is 0. The Labute approximate surface area is 393 Å². The third-order valence-corrected chi connectivity index (χ3v) is 13.0. The van der Waals surface area contributed by atoms with Crippen LogP contribution in [0.5, 0.6) is 0 Å². The molecule has 0 unspecified atom stereocenters. The van der Waals surface area contributed by atoms with E-state index < -0.39 is 6.10 Å². The van der Waals surface area contributed by atoms with Gasteiger partial charge in [-0.25, -0.2) is 0 Å². The highest BCUT2D eigenvalue weighted by Crippen LogP contribution is 2.18. The van der Waals surface area contributed by atoms with Crippen molar-refractivity contribution >= 4 is 17.9 Å². The Bertz CT molecular complexity index is 949. The second-order valence-corrected chi connectivity index (χ2v) is 20.1. The van der Waals surface area contributed by atoms with Crippen LogP contribution < -0.4 is 0 Å². The highest BCUT2D eigenvalue weighted by Gasteiger charge is 2.19. The molecular formula is C57H110O6. The van der Waals surface area contributed by atoms with Crippen LogP contribution in [0.3, 0.4) is 0 Å². The molecule has 0 aliphatic carbocycles. The fourth-order valence-corrected chi connectivity index (χ4v) is 8.75. The van der Waals surface area contributed by atoms with Crippen molar-refractivity contribution < 1.29 is 28.6 Å². The molecule has 63 heavy (non-hydrogen) atoms. The Morgan fingerprint density at radius 1 is 0.302 bits per heavy atom. The first kappa shape index (κ1) is 61.4. The standard InChI is InChI=1S/C57H110O6/c1-5-7-9-11-13-15-16-17-22-26-29-33-36-40-44-48-55(58)61-51-54(63-57(60)50-46-42-38-31-14-12-10-8-6-2)52-62-56(59)49-45-41-37-34-30-27-24-21-19-18-20-23-25-28-32-35-39-43-47-53(3)4/h53-54H,5-52H2,1-4H3/t54-/m1/s1. The quantitative estimate of drug-likeness (QED) is 0.0344. The number of unbranched alkanes of at least 4 members (excludes halogenated alkanes) is 39. The summed E-state index contributed by atoms with van der Waals surface area (Å²) in [5, 5.41) is 0. The monoisotopic (exact) mass is 891 g/mol. The maximum atomic E-state index is 12.7. The summed E-state index contributed by atoms with van der Waals surface area (Å²) in [5.74, 6) is 0.0186. The lowest BCUT2D eigenvalue weighted by Crippen LogP contribution is -2.30. The minimum atomic E-state index is -0.760. The zero-order valence-corrected chi connectivity index (χ0v) is 43.0. The lowest BCUT2D eigenvalue weighted by Gasteiger charge is -2.18. The normalized spacial score (nSPS) is 12.0. The van der Waals surface area contributed by atoms with Gasteiger partial charge in [-0.2, -0.15) is 0 Å². The number of carbonyl (C=O) groups excluding carboxylic acids is 3. The van der Waals surface area contributed by atoms with Crippen LogP contribution in [-0.4, -0.2) is 37.2 Å². The molecule has 0 aromatic rings. The smallest absolute Gasteiger partial charge is 0.306 e. The van der Waals surface area contributed by atoms with E-state index in [1.807, 2.05) is 0 Å². The number of hydrogen-bond acceptors (Lipinski definition) is 6. The molecule has 6 heteroatoms. The van der Waals surface area contributed by atoms with Crippen LogP contribution >= 0.6 is 0 Å². The first-order valence-corrected chi connectivity index (χ1v) is 28.4. The summed E-state index contributed by atoms with van der Waals surface area (Å²) in [5.41, 5.74) is 0. The third-order valence-electron chi connectivity index (χ3n) is 13.0. The van der Waals surface area contributed by atoms with Crippen molar-refractivity contribution in [2.75, 3.05) is 13.2 Å². The van der Waals surface area contributed by atoms with Gasteiger partial charge in [0.25, 0.3) is 0 Å². The molecule has 0 fully saturated rings. The molecule has 0 saturated carbocycles. The van der Waals surface area contributed by atoms with Gasteiger partial charge in [-0.1, -0.05) is 285 Å². The number of esters is 3. The molecule has 0 saturated heterocycles. The molecule has 0 amide bonds. The van der Waals surface area contributed by atoms with E-state index in [4.69, 9.17) is 14.2 Å². The molecule has 0 bridgehead atoms. The number of carbonyl (C=O) groups is 3. The second kappa shape index (κ2) is 51.4. The second-order valence-electron chi connectivity index (χ2n) is 20.1. The van der Waals surface area contributed by atoms with Gasteiger partial charge in [0.05, 0.1) is 0 Å². The van der Waals surface area contributed by atoms with Crippen LogP contribution in [0.2, 0.25) is 0 Å². The molecule has 0 aliphatic rings. The highest BCUT2D eigenvalue weighted by molar-refractivity contribution is 5.71. The van der Waals surface area contributed by atoms with Crippen molar-refractivity contribution in [2.45, 2.75) is 329 Å². The van der Waals surface area contributed by atoms with Crippen LogP contribution in [0.25, 0.3) is 0 Å². The van der Waals surface area contributed by atoms with Gasteiger partial charge in [0.15, 0.2) is 6.10 Å². The van der Waals surface area contributed by atoms with Crippen molar-refractivity contribution in [2.24, 2.45) is 5.92 Å². The first-order chi connectivity index (χ1) is 30.9. The fourth-order valence-electron chi connectivity index (χ4n) is 8.75. The van der Waals surface area contributed by atoms with Gasteiger partial charge in [0, 0.05) is 19.3 Å². The van der Waals surface area contributed by atoms with Gasteiger partial charge < -0.3 is 14.2 Å². The average molecular weight is 892 g/mol. The highest BCUT2D eigenvalue weighted by atomic mass is 16.6. The van der Waals surface area contributed by atoms with Gasteiger partial charge in [0.1, 0.15) is 13.2 Å². The number of rotatable bonds is 52. The molecule has 0 aromatic carbocycles. The zero-order valence-electron chi connectivity index (χ0n) is 43.0. The summed E-state index contributed by atoms with van der Waals surface area (Å²) in [6.45, 7) is 9.05. The molecule has 1 atom stereocenters. The van der Waals surface area contributed by atoms with Crippen LogP contribution in [-0.2, 0) is 28.6 Å².